The molecule has 0 radical (unpaired) electrons. The number of fused-ring (bicyclic) bond motifs is 1. The fourth-order valence-electron chi connectivity index (χ4n) is 2.98. The lowest BCUT2D eigenvalue weighted by Gasteiger charge is -2.24. The van der Waals surface area contributed by atoms with Crippen LogP contribution in [0.1, 0.15) is 27.2 Å². The number of carbonyl (C=O) groups is 1. The molecule has 1 aromatic heterocycles. The van der Waals surface area contributed by atoms with Gasteiger partial charge < -0.3 is 9.64 Å². The maximum atomic E-state index is 12.8. The van der Waals surface area contributed by atoms with Gasteiger partial charge in [0.05, 0.1) is 20.9 Å². The van der Waals surface area contributed by atoms with Crippen molar-refractivity contribution in [2.75, 3.05) is 18.8 Å². The maximum absolute atomic E-state index is 12.8. The maximum Gasteiger partial charge on any atom is 0.410 e. The fourth-order valence-corrected chi connectivity index (χ4v) is 5.92. The first-order valence-electron chi connectivity index (χ1n) is 8.70. The van der Waals surface area contributed by atoms with Crippen molar-refractivity contribution < 1.29 is 22.9 Å². The summed E-state index contributed by atoms with van der Waals surface area (Å²) >= 11 is 0.996. The Kier molecular flexibility index (Phi) is 5.32. The molecule has 1 aromatic carbocycles. The number of non-ortho nitro benzene ring substituents is 1. The largest absolute Gasteiger partial charge is 0.444 e. The van der Waals surface area contributed by atoms with Gasteiger partial charge in [-0.2, -0.15) is 0 Å². The van der Waals surface area contributed by atoms with Crippen LogP contribution in [-0.2, 0) is 14.6 Å². The van der Waals surface area contributed by atoms with Gasteiger partial charge in [0, 0.05) is 25.2 Å². The fraction of sp³-hybridized carbons (Fsp3) is 0.529. The van der Waals surface area contributed by atoms with Gasteiger partial charge in [-0.3, -0.25) is 10.1 Å². The lowest BCUT2D eigenvalue weighted by atomic mass is 10.2. The molecule has 2 aromatic rings. The lowest BCUT2D eigenvalue weighted by molar-refractivity contribution is -0.384. The number of nitrogens with zero attached hydrogens (tertiary/aromatic N) is 3. The number of likely N-dealkylation sites (tertiary alicyclic amines) is 1. The molecule has 1 fully saturated rings. The van der Waals surface area contributed by atoms with E-state index in [4.69, 9.17) is 4.74 Å². The number of amides is 1. The zero-order valence-corrected chi connectivity index (χ0v) is 17.4. The molecule has 0 aliphatic carbocycles. The van der Waals surface area contributed by atoms with Crippen LogP contribution in [0.4, 0.5) is 10.5 Å². The van der Waals surface area contributed by atoms with E-state index in [1.165, 1.54) is 23.1 Å². The molecule has 0 unspecified atom stereocenters. The monoisotopic (exact) mass is 427 g/mol. The van der Waals surface area contributed by atoms with Gasteiger partial charge in [-0.1, -0.05) is 0 Å². The number of rotatable bonds is 4. The normalized spacial score (nSPS) is 17.8. The summed E-state index contributed by atoms with van der Waals surface area (Å²) in [7, 11) is -3.66. The van der Waals surface area contributed by atoms with Crippen molar-refractivity contribution in [3.05, 3.63) is 28.3 Å². The van der Waals surface area contributed by atoms with Crippen molar-refractivity contribution in [2.45, 2.75) is 37.1 Å². The lowest BCUT2D eigenvalue weighted by Crippen LogP contribution is -2.35. The van der Waals surface area contributed by atoms with Gasteiger partial charge in [0.15, 0.2) is 0 Å². The molecule has 2 heterocycles. The number of carbonyl (C=O) groups excluding carboxylic acids is 1. The van der Waals surface area contributed by atoms with E-state index in [1.807, 2.05) is 0 Å². The molecule has 0 saturated carbocycles. The Labute approximate surface area is 166 Å². The van der Waals surface area contributed by atoms with Gasteiger partial charge in [-0.15, -0.1) is 11.3 Å². The van der Waals surface area contributed by atoms with Crippen molar-refractivity contribution >= 4 is 43.2 Å². The van der Waals surface area contributed by atoms with Crippen molar-refractivity contribution in [3.63, 3.8) is 0 Å². The predicted octanol–water partition coefficient (Wildman–Crippen LogP) is 3.24. The third-order valence-electron chi connectivity index (χ3n) is 4.22. The molecule has 9 nitrogen and oxygen atoms in total. The summed E-state index contributed by atoms with van der Waals surface area (Å²) in [6.07, 6.45) is 0.120. The van der Waals surface area contributed by atoms with E-state index >= 15 is 0 Å². The second-order valence-corrected chi connectivity index (χ2v) is 11.0. The van der Waals surface area contributed by atoms with Crippen LogP contribution in [0.15, 0.2) is 22.5 Å². The molecule has 1 aliphatic heterocycles. The highest BCUT2D eigenvalue weighted by atomic mass is 32.2. The molecule has 1 amide bonds. The standard InChI is InChI=1S/C17H21N3O6S2/c1-17(2,3)26-16(21)19-7-6-11(9-19)10-28(24,25)15-18-13-8-12(20(22)23)4-5-14(13)27-15/h4-5,8,11H,6-7,9-10H2,1-3H3/t11-/m1/s1. The van der Waals surface area contributed by atoms with Crippen molar-refractivity contribution in [1.82, 2.24) is 9.88 Å². The van der Waals surface area contributed by atoms with Crippen molar-refractivity contribution in [2.24, 2.45) is 5.92 Å². The zero-order chi connectivity index (χ0) is 20.7. The minimum atomic E-state index is -3.66. The first-order valence-corrected chi connectivity index (χ1v) is 11.2. The number of benzene rings is 1. The molecule has 1 saturated heterocycles. The molecular formula is C17H21N3O6S2. The average Bonchev–Trinajstić information content (AvgIpc) is 3.18. The Morgan fingerprint density at radius 3 is 2.79 bits per heavy atom. The summed E-state index contributed by atoms with van der Waals surface area (Å²) in [5.41, 5.74) is -0.449. The van der Waals surface area contributed by atoms with Gasteiger partial charge in [0.2, 0.25) is 14.2 Å². The second-order valence-electron chi connectivity index (χ2n) is 7.75. The zero-order valence-electron chi connectivity index (χ0n) is 15.7. The molecule has 1 atom stereocenters. The van der Waals surface area contributed by atoms with Crippen LogP contribution in [0.2, 0.25) is 0 Å². The van der Waals surface area contributed by atoms with Gasteiger partial charge in [-0.25, -0.2) is 18.2 Å². The number of nitro benzene ring substituents is 1. The number of hydrogen-bond donors (Lipinski definition) is 0. The SMILES string of the molecule is CC(C)(C)OC(=O)N1CC[C@@H](CS(=O)(=O)c2nc3cc([N+](=O)[O-])ccc3s2)C1. The van der Waals surface area contributed by atoms with Crippen LogP contribution < -0.4 is 0 Å². The smallest absolute Gasteiger partial charge is 0.410 e. The molecule has 152 valence electrons. The number of hydrogen-bond acceptors (Lipinski definition) is 8. The van der Waals surface area contributed by atoms with E-state index < -0.39 is 26.5 Å². The van der Waals surface area contributed by atoms with Gasteiger partial charge in [0.1, 0.15) is 5.60 Å². The van der Waals surface area contributed by atoms with Crippen LogP contribution in [0, 0.1) is 16.0 Å². The summed E-state index contributed by atoms with van der Waals surface area (Å²) in [5.74, 6) is -0.340. The Bertz CT molecular complexity index is 1030. The first-order chi connectivity index (χ1) is 12.9. The number of nitro groups is 1. The van der Waals surface area contributed by atoms with Crippen LogP contribution in [-0.4, -0.2) is 53.8 Å². The molecular weight excluding hydrogens is 406 g/mol. The van der Waals surface area contributed by atoms with Crippen LogP contribution in [0.25, 0.3) is 10.2 Å². The Morgan fingerprint density at radius 1 is 1.43 bits per heavy atom. The predicted molar refractivity (Wildman–Crippen MR) is 104 cm³/mol. The molecule has 0 bridgehead atoms. The molecule has 0 spiro atoms. The molecule has 3 rings (SSSR count). The summed E-state index contributed by atoms with van der Waals surface area (Å²) in [6, 6.07) is 4.10. The third kappa shape index (κ3) is 4.58. The van der Waals surface area contributed by atoms with E-state index in [9.17, 15) is 23.3 Å². The number of sulfone groups is 1. The van der Waals surface area contributed by atoms with Gasteiger partial charge in [-0.05, 0) is 39.2 Å². The van der Waals surface area contributed by atoms with Crippen LogP contribution in [0.5, 0.6) is 0 Å². The quantitative estimate of drug-likeness (QED) is 0.542. The molecule has 28 heavy (non-hydrogen) atoms. The Morgan fingerprint density at radius 2 is 2.14 bits per heavy atom. The molecule has 11 heteroatoms. The number of aromatic nitrogens is 1. The van der Waals surface area contributed by atoms with E-state index in [1.54, 1.807) is 20.8 Å². The van der Waals surface area contributed by atoms with E-state index in [0.29, 0.717) is 29.7 Å². The van der Waals surface area contributed by atoms with E-state index in [2.05, 4.69) is 4.98 Å². The molecule has 0 N–H and O–H groups in total. The summed E-state index contributed by atoms with van der Waals surface area (Å²) in [6.45, 7) is 6.09. The van der Waals surface area contributed by atoms with Gasteiger partial charge >= 0.3 is 6.09 Å². The summed E-state index contributed by atoms with van der Waals surface area (Å²) < 4.78 is 31.4. The first kappa shape index (κ1) is 20.5. The second kappa shape index (κ2) is 7.28. The highest BCUT2D eigenvalue weighted by molar-refractivity contribution is 7.93. The third-order valence-corrected chi connectivity index (χ3v) is 7.60. The summed E-state index contributed by atoms with van der Waals surface area (Å²) in [4.78, 5) is 28.1. The van der Waals surface area contributed by atoms with Gasteiger partial charge in [0.25, 0.3) is 5.69 Å². The highest BCUT2D eigenvalue weighted by Crippen LogP contribution is 2.31. The van der Waals surface area contributed by atoms with E-state index in [0.717, 1.165) is 11.3 Å². The Hall–Kier alpha value is -2.27. The number of thiazole rings is 1. The topological polar surface area (TPSA) is 120 Å². The molecule has 1 aliphatic rings. The van der Waals surface area contributed by atoms with E-state index in [-0.39, 0.29) is 21.7 Å². The number of ether oxygens (including phenoxy) is 1. The Balaban J connectivity index is 1.71. The minimum absolute atomic E-state index is 0.0567. The van der Waals surface area contributed by atoms with Crippen LogP contribution >= 0.6 is 11.3 Å². The summed E-state index contributed by atoms with van der Waals surface area (Å²) in [5, 5.41) is 10.9. The van der Waals surface area contributed by atoms with Crippen molar-refractivity contribution in [3.8, 4) is 0 Å². The minimum Gasteiger partial charge on any atom is -0.444 e. The van der Waals surface area contributed by atoms with Crippen LogP contribution in [0.3, 0.4) is 0 Å². The average molecular weight is 428 g/mol. The highest BCUT2D eigenvalue weighted by Gasteiger charge is 2.33. The van der Waals surface area contributed by atoms with Crippen molar-refractivity contribution in [1.29, 1.82) is 0 Å².